The van der Waals surface area contributed by atoms with Crippen LogP contribution in [0.25, 0.3) is 11.4 Å². The van der Waals surface area contributed by atoms with Crippen LogP contribution in [0.4, 0.5) is 5.69 Å². The average molecular weight is 408 g/mol. The summed E-state index contributed by atoms with van der Waals surface area (Å²) >= 11 is 0. The Morgan fingerprint density at radius 1 is 1.13 bits per heavy atom. The SMILES string of the molecule is CCCn1c(C)ccc(-c2noc(CCC(=O)Nc3ccc(C(C)=O)cc3)n2)c1=O. The van der Waals surface area contributed by atoms with E-state index in [1.165, 1.54) is 6.92 Å². The van der Waals surface area contributed by atoms with Gasteiger partial charge in [0.1, 0.15) is 0 Å². The van der Waals surface area contributed by atoms with E-state index in [0.717, 1.165) is 12.1 Å². The van der Waals surface area contributed by atoms with E-state index in [1.807, 2.05) is 19.9 Å². The first-order valence-electron chi connectivity index (χ1n) is 9.83. The van der Waals surface area contributed by atoms with Gasteiger partial charge in [-0.05, 0) is 56.7 Å². The molecule has 1 amide bonds. The van der Waals surface area contributed by atoms with Gasteiger partial charge in [-0.2, -0.15) is 4.98 Å². The van der Waals surface area contributed by atoms with Gasteiger partial charge in [-0.25, -0.2) is 0 Å². The molecule has 0 radical (unpaired) electrons. The molecule has 2 aromatic heterocycles. The van der Waals surface area contributed by atoms with E-state index in [0.29, 0.717) is 23.4 Å². The minimum atomic E-state index is -0.217. The van der Waals surface area contributed by atoms with Crippen molar-refractivity contribution in [3.63, 3.8) is 0 Å². The Bertz CT molecular complexity index is 1110. The van der Waals surface area contributed by atoms with E-state index < -0.39 is 0 Å². The maximum atomic E-state index is 12.7. The Morgan fingerprint density at radius 2 is 1.87 bits per heavy atom. The number of carbonyl (C=O) groups is 2. The molecule has 3 rings (SSSR count). The van der Waals surface area contributed by atoms with Crippen molar-refractivity contribution >= 4 is 17.4 Å². The maximum absolute atomic E-state index is 12.7. The van der Waals surface area contributed by atoms with Gasteiger partial charge in [0, 0.05) is 36.3 Å². The number of pyridine rings is 1. The number of aryl methyl sites for hydroxylation is 2. The number of Topliss-reactive ketones (excluding diaryl/α,β-unsaturated/α-hetero) is 1. The van der Waals surface area contributed by atoms with Gasteiger partial charge < -0.3 is 14.4 Å². The van der Waals surface area contributed by atoms with Gasteiger partial charge in [0.2, 0.25) is 17.6 Å². The van der Waals surface area contributed by atoms with Crippen LogP contribution in [0.3, 0.4) is 0 Å². The van der Waals surface area contributed by atoms with Gasteiger partial charge in [-0.15, -0.1) is 0 Å². The van der Waals surface area contributed by atoms with Crippen molar-refractivity contribution in [2.24, 2.45) is 0 Å². The number of amides is 1. The lowest BCUT2D eigenvalue weighted by Crippen LogP contribution is -2.23. The minimum Gasteiger partial charge on any atom is -0.339 e. The molecule has 2 heterocycles. The molecule has 0 aliphatic carbocycles. The molecule has 3 aromatic rings. The predicted octanol–water partition coefficient (Wildman–Crippen LogP) is 3.39. The van der Waals surface area contributed by atoms with Crippen molar-refractivity contribution in [1.29, 1.82) is 0 Å². The number of hydrogen-bond acceptors (Lipinski definition) is 6. The van der Waals surface area contributed by atoms with E-state index in [-0.39, 0.29) is 41.8 Å². The van der Waals surface area contributed by atoms with E-state index >= 15 is 0 Å². The third kappa shape index (κ3) is 4.89. The number of nitrogens with one attached hydrogen (secondary N) is 1. The molecule has 0 aliphatic heterocycles. The standard InChI is InChI=1S/C22H24N4O4/c1-4-13-26-14(2)5-10-18(22(26)29)21-24-20(30-25-21)12-11-19(28)23-17-8-6-16(7-9-17)15(3)27/h5-10H,4,11-13H2,1-3H3,(H,23,28). The molecular formula is C22H24N4O4. The van der Waals surface area contributed by atoms with Crippen LogP contribution in [0, 0.1) is 6.92 Å². The summed E-state index contributed by atoms with van der Waals surface area (Å²) in [6, 6.07) is 10.2. The second kappa shape index (κ2) is 9.30. The molecule has 0 aliphatic rings. The van der Waals surface area contributed by atoms with Crippen molar-refractivity contribution in [1.82, 2.24) is 14.7 Å². The smallest absolute Gasteiger partial charge is 0.261 e. The molecule has 8 heteroatoms. The van der Waals surface area contributed by atoms with Crippen LogP contribution in [0.15, 0.2) is 45.7 Å². The number of rotatable bonds is 8. The number of anilines is 1. The largest absolute Gasteiger partial charge is 0.339 e. The molecule has 0 fully saturated rings. The van der Waals surface area contributed by atoms with E-state index in [1.54, 1.807) is 34.9 Å². The van der Waals surface area contributed by atoms with Gasteiger partial charge in [0.25, 0.3) is 5.56 Å². The summed E-state index contributed by atoms with van der Waals surface area (Å²) < 4.78 is 6.91. The van der Waals surface area contributed by atoms with Crippen LogP contribution >= 0.6 is 0 Å². The van der Waals surface area contributed by atoms with Gasteiger partial charge in [0.05, 0.1) is 5.56 Å². The van der Waals surface area contributed by atoms with Gasteiger partial charge in [-0.1, -0.05) is 12.1 Å². The van der Waals surface area contributed by atoms with Gasteiger partial charge in [-0.3, -0.25) is 14.4 Å². The fraction of sp³-hybridized carbons (Fsp3) is 0.318. The summed E-state index contributed by atoms with van der Waals surface area (Å²) in [5, 5.41) is 6.66. The Morgan fingerprint density at radius 3 is 2.53 bits per heavy atom. The molecule has 156 valence electrons. The zero-order valence-corrected chi connectivity index (χ0v) is 17.3. The number of aromatic nitrogens is 3. The van der Waals surface area contributed by atoms with Crippen molar-refractivity contribution in [2.75, 3.05) is 5.32 Å². The number of hydrogen-bond donors (Lipinski definition) is 1. The monoisotopic (exact) mass is 408 g/mol. The molecule has 1 N–H and O–H groups in total. The number of benzene rings is 1. The first-order chi connectivity index (χ1) is 14.4. The average Bonchev–Trinajstić information content (AvgIpc) is 3.19. The summed E-state index contributed by atoms with van der Waals surface area (Å²) in [6.07, 6.45) is 1.23. The number of nitrogens with zero attached hydrogens (tertiary/aromatic N) is 3. The minimum absolute atomic E-state index is 0.0323. The molecule has 0 saturated heterocycles. The van der Waals surface area contributed by atoms with Crippen LogP contribution in [-0.2, 0) is 17.8 Å². The van der Waals surface area contributed by atoms with E-state index in [9.17, 15) is 14.4 Å². The lowest BCUT2D eigenvalue weighted by atomic mass is 10.1. The summed E-state index contributed by atoms with van der Waals surface area (Å²) in [5.41, 5.74) is 2.28. The fourth-order valence-corrected chi connectivity index (χ4v) is 3.04. The summed E-state index contributed by atoms with van der Waals surface area (Å²) in [6.45, 7) is 6.00. The number of ketones is 1. The second-order valence-electron chi connectivity index (χ2n) is 7.04. The highest BCUT2D eigenvalue weighted by Gasteiger charge is 2.15. The highest BCUT2D eigenvalue weighted by atomic mass is 16.5. The third-order valence-corrected chi connectivity index (χ3v) is 4.69. The third-order valence-electron chi connectivity index (χ3n) is 4.69. The quantitative estimate of drug-likeness (QED) is 0.573. The number of carbonyl (C=O) groups excluding carboxylic acids is 2. The van der Waals surface area contributed by atoms with Crippen LogP contribution in [0.5, 0.6) is 0 Å². The Balaban J connectivity index is 1.63. The van der Waals surface area contributed by atoms with Crippen LogP contribution in [0.1, 0.15) is 48.6 Å². The second-order valence-corrected chi connectivity index (χ2v) is 7.04. The Kier molecular flexibility index (Phi) is 6.56. The molecule has 0 saturated carbocycles. The topological polar surface area (TPSA) is 107 Å². The highest BCUT2D eigenvalue weighted by molar-refractivity contribution is 5.95. The van der Waals surface area contributed by atoms with E-state index in [2.05, 4.69) is 15.5 Å². The zero-order valence-electron chi connectivity index (χ0n) is 17.3. The summed E-state index contributed by atoms with van der Waals surface area (Å²) in [7, 11) is 0. The highest BCUT2D eigenvalue weighted by Crippen LogP contribution is 2.14. The van der Waals surface area contributed by atoms with Gasteiger partial charge in [0.15, 0.2) is 5.78 Å². The zero-order chi connectivity index (χ0) is 21.7. The van der Waals surface area contributed by atoms with Crippen molar-refractivity contribution in [3.8, 4) is 11.4 Å². The van der Waals surface area contributed by atoms with Crippen LogP contribution < -0.4 is 10.9 Å². The molecule has 0 atom stereocenters. The van der Waals surface area contributed by atoms with Crippen LogP contribution in [-0.4, -0.2) is 26.4 Å². The van der Waals surface area contributed by atoms with Crippen molar-refractivity contribution in [2.45, 2.75) is 46.6 Å². The first kappa shape index (κ1) is 21.2. The first-order valence-corrected chi connectivity index (χ1v) is 9.83. The molecule has 0 bridgehead atoms. The van der Waals surface area contributed by atoms with Gasteiger partial charge >= 0.3 is 0 Å². The molecule has 1 aromatic carbocycles. The Labute approximate surface area is 173 Å². The lowest BCUT2D eigenvalue weighted by molar-refractivity contribution is -0.116. The molecular weight excluding hydrogens is 384 g/mol. The lowest BCUT2D eigenvalue weighted by Gasteiger charge is -2.09. The maximum Gasteiger partial charge on any atom is 0.261 e. The molecule has 0 spiro atoms. The van der Waals surface area contributed by atoms with E-state index in [4.69, 9.17) is 4.52 Å². The summed E-state index contributed by atoms with van der Waals surface area (Å²) in [5.74, 6) is 0.259. The molecule has 30 heavy (non-hydrogen) atoms. The normalized spacial score (nSPS) is 10.8. The fourth-order valence-electron chi connectivity index (χ4n) is 3.04. The summed E-state index contributed by atoms with van der Waals surface area (Å²) in [4.78, 5) is 40.4. The van der Waals surface area contributed by atoms with Crippen molar-refractivity contribution in [3.05, 3.63) is 63.9 Å². The Hall–Kier alpha value is -3.55. The molecule has 8 nitrogen and oxygen atoms in total. The molecule has 0 unspecified atom stereocenters. The van der Waals surface area contributed by atoms with Crippen molar-refractivity contribution < 1.29 is 14.1 Å². The van der Waals surface area contributed by atoms with Crippen LogP contribution in [0.2, 0.25) is 0 Å². The predicted molar refractivity (Wildman–Crippen MR) is 112 cm³/mol.